The van der Waals surface area contributed by atoms with Crippen molar-refractivity contribution in [2.75, 3.05) is 37.7 Å². The number of aliphatic hydroxyl groups excluding tert-OH is 1. The summed E-state index contributed by atoms with van der Waals surface area (Å²) in [6, 6.07) is 10.6. The molecular weight excluding hydrogens is 320 g/mol. The third kappa shape index (κ3) is 4.47. The van der Waals surface area contributed by atoms with Gasteiger partial charge in [0.25, 0.3) is 0 Å². The number of piperazine rings is 1. The molecule has 1 aromatic carbocycles. The second kappa shape index (κ2) is 8.46. The fourth-order valence-electron chi connectivity index (χ4n) is 2.80. The lowest BCUT2D eigenvalue weighted by atomic mass is 10.2. The minimum atomic E-state index is 0.214. The Bertz CT molecular complexity index is 632. The van der Waals surface area contributed by atoms with Crippen LogP contribution in [-0.2, 0) is 5.75 Å². The van der Waals surface area contributed by atoms with Gasteiger partial charge in [0.05, 0.1) is 19.0 Å². The van der Waals surface area contributed by atoms with Crippen LogP contribution in [0.15, 0.2) is 47.8 Å². The summed E-state index contributed by atoms with van der Waals surface area (Å²) in [7, 11) is 0. The molecule has 0 bridgehead atoms. The first-order chi connectivity index (χ1) is 11.8. The molecule has 1 aromatic heterocycles. The summed E-state index contributed by atoms with van der Waals surface area (Å²) in [5, 5.41) is 10.2. The van der Waals surface area contributed by atoms with E-state index < -0.39 is 0 Å². The number of hydrogen-bond acceptors (Lipinski definition) is 6. The maximum absolute atomic E-state index is 9.28. The van der Waals surface area contributed by atoms with Crippen LogP contribution in [-0.4, -0.2) is 58.8 Å². The largest absolute Gasteiger partial charge is 0.395 e. The van der Waals surface area contributed by atoms with Gasteiger partial charge >= 0.3 is 0 Å². The van der Waals surface area contributed by atoms with Crippen LogP contribution in [0.3, 0.4) is 0 Å². The molecule has 1 N–H and O–H groups in total. The lowest BCUT2D eigenvalue weighted by Gasteiger charge is -2.37. The van der Waals surface area contributed by atoms with Gasteiger partial charge in [-0.3, -0.25) is 9.88 Å². The number of nitrogens with zero attached hydrogens (tertiary/aromatic N) is 4. The Labute approximate surface area is 147 Å². The van der Waals surface area contributed by atoms with Crippen LogP contribution in [0.25, 0.3) is 0 Å². The predicted octanol–water partition coefficient (Wildman–Crippen LogP) is 2.27. The van der Waals surface area contributed by atoms with E-state index in [0.717, 1.165) is 42.8 Å². The van der Waals surface area contributed by atoms with E-state index in [0.29, 0.717) is 0 Å². The maximum Gasteiger partial charge on any atom is 0.148 e. The van der Waals surface area contributed by atoms with Gasteiger partial charge in [0.2, 0.25) is 0 Å². The van der Waals surface area contributed by atoms with Crippen molar-refractivity contribution in [2.45, 2.75) is 23.7 Å². The Morgan fingerprint density at radius 2 is 1.88 bits per heavy atom. The first kappa shape index (κ1) is 17.2. The van der Waals surface area contributed by atoms with Crippen molar-refractivity contribution in [1.82, 2.24) is 14.9 Å². The molecule has 0 aliphatic carbocycles. The summed E-state index contributed by atoms with van der Waals surface area (Å²) >= 11 is 1.72. The van der Waals surface area contributed by atoms with E-state index in [4.69, 9.17) is 4.98 Å². The monoisotopic (exact) mass is 344 g/mol. The SMILES string of the molecule is C[C@@H](CO)N1CCN(c2cncc(SCc3ccccc3)n2)CC1. The van der Waals surface area contributed by atoms with Crippen LogP contribution in [0, 0.1) is 0 Å². The van der Waals surface area contributed by atoms with Gasteiger partial charge in [-0.1, -0.05) is 30.3 Å². The highest BCUT2D eigenvalue weighted by Gasteiger charge is 2.21. The fraction of sp³-hybridized carbons (Fsp3) is 0.444. The number of rotatable bonds is 6. The molecule has 1 aliphatic rings. The third-order valence-corrected chi connectivity index (χ3v) is 5.33. The lowest BCUT2D eigenvalue weighted by molar-refractivity contribution is 0.128. The topological polar surface area (TPSA) is 52.5 Å². The van der Waals surface area contributed by atoms with Crippen LogP contribution in [0.2, 0.25) is 0 Å². The Morgan fingerprint density at radius 1 is 1.12 bits per heavy atom. The second-order valence-electron chi connectivity index (χ2n) is 6.04. The summed E-state index contributed by atoms with van der Waals surface area (Å²) in [6.45, 7) is 6.02. The minimum absolute atomic E-state index is 0.214. The highest BCUT2D eigenvalue weighted by molar-refractivity contribution is 7.98. The quantitative estimate of drug-likeness (QED) is 0.812. The van der Waals surface area contributed by atoms with Crippen LogP contribution >= 0.6 is 11.8 Å². The van der Waals surface area contributed by atoms with Gasteiger partial charge in [0.1, 0.15) is 10.8 Å². The molecule has 1 aliphatic heterocycles. The van der Waals surface area contributed by atoms with E-state index >= 15 is 0 Å². The van der Waals surface area contributed by atoms with Crippen molar-refractivity contribution in [3.05, 3.63) is 48.3 Å². The molecule has 1 fully saturated rings. The van der Waals surface area contributed by atoms with Crippen LogP contribution < -0.4 is 4.90 Å². The molecule has 3 rings (SSSR count). The molecule has 2 aromatic rings. The standard InChI is InChI=1S/C18H24N4OS/c1-15(13-23)21-7-9-22(10-8-21)17-11-19-12-18(20-17)24-14-16-5-3-2-4-6-16/h2-6,11-12,15,23H,7-10,13-14H2,1H3/t15-/m0/s1. The van der Waals surface area contributed by atoms with Crippen molar-refractivity contribution >= 4 is 17.6 Å². The average Bonchev–Trinajstić information content (AvgIpc) is 2.67. The smallest absolute Gasteiger partial charge is 0.148 e. The van der Waals surface area contributed by atoms with Gasteiger partial charge in [-0.05, 0) is 12.5 Å². The number of hydrogen-bond donors (Lipinski definition) is 1. The van der Waals surface area contributed by atoms with E-state index in [-0.39, 0.29) is 12.6 Å². The van der Waals surface area contributed by atoms with Gasteiger partial charge in [0.15, 0.2) is 0 Å². The number of aromatic nitrogens is 2. The fourth-order valence-corrected chi connectivity index (χ4v) is 3.60. The molecule has 5 nitrogen and oxygen atoms in total. The molecule has 0 radical (unpaired) electrons. The summed E-state index contributed by atoms with van der Waals surface area (Å²) in [5.41, 5.74) is 1.29. The van der Waals surface area contributed by atoms with E-state index in [1.165, 1.54) is 5.56 Å². The van der Waals surface area contributed by atoms with Gasteiger partial charge in [0, 0.05) is 38.0 Å². The number of anilines is 1. The van der Waals surface area contributed by atoms with Crippen molar-refractivity contribution < 1.29 is 5.11 Å². The zero-order valence-electron chi connectivity index (χ0n) is 14.0. The molecule has 1 atom stereocenters. The Balaban J connectivity index is 1.57. The van der Waals surface area contributed by atoms with Crippen molar-refractivity contribution in [3.63, 3.8) is 0 Å². The summed E-state index contributed by atoms with van der Waals surface area (Å²) in [6.07, 6.45) is 3.68. The first-order valence-electron chi connectivity index (χ1n) is 8.35. The Morgan fingerprint density at radius 3 is 2.58 bits per heavy atom. The van der Waals surface area contributed by atoms with E-state index in [1.54, 1.807) is 11.8 Å². The third-order valence-electron chi connectivity index (χ3n) is 4.36. The maximum atomic E-state index is 9.28. The number of thioether (sulfide) groups is 1. The molecule has 2 heterocycles. The Hall–Kier alpha value is -1.63. The molecule has 128 valence electrons. The summed E-state index contributed by atoms with van der Waals surface area (Å²) in [4.78, 5) is 13.7. The normalized spacial score (nSPS) is 17.0. The molecule has 24 heavy (non-hydrogen) atoms. The van der Waals surface area contributed by atoms with Crippen LogP contribution in [0.4, 0.5) is 5.82 Å². The van der Waals surface area contributed by atoms with Crippen LogP contribution in [0.5, 0.6) is 0 Å². The molecule has 1 saturated heterocycles. The summed E-state index contributed by atoms with van der Waals surface area (Å²) < 4.78 is 0. The van der Waals surface area contributed by atoms with Crippen molar-refractivity contribution in [3.8, 4) is 0 Å². The molecule has 0 saturated carbocycles. The summed E-state index contributed by atoms with van der Waals surface area (Å²) in [5.74, 6) is 1.85. The molecule has 6 heteroatoms. The van der Waals surface area contributed by atoms with Crippen molar-refractivity contribution in [1.29, 1.82) is 0 Å². The zero-order chi connectivity index (χ0) is 16.8. The Kier molecular flexibility index (Phi) is 6.07. The van der Waals surface area contributed by atoms with E-state index in [9.17, 15) is 5.11 Å². The van der Waals surface area contributed by atoms with Gasteiger partial charge in [-0.25, -0.2) is 4.98 Å². The average molecular weight is 344 g/mol. The molecule has 0 unspecified atom stereocenters. The minimum Gasteiger partial charge on any atom is -0.395 e. The zero-order valence-corrected chi connectivity index (χ0v) is 14.8. The highest BCUT2D eigenvalue weighted by Crippen LogP contribution is 2.23. The second-order valence-corrected chi connectivity index (χ2v) is 7.04. The highest BCUT2D eigenvalue weighted by atomic mass is 32.2. The van der Waals surface area contributed by atoms with Crippen molar-refractivity contribution in [2.24, 2.45) is 0 Å². The van der Waals surface area contributed by atoms with Gasteiger partial charge in [-0.2, -0.15) is 0 Å². The predicted molar refractivity (Wildman–Crippen MR) is 98.4 cm³/mol. The molecular formula is C18H24N4OS. The first-order valence-corrected chi connectivity index (χ1v) is 9.33. The molecule has 0 spiro atoms. The van der Waals surface area contributed by atoms with Gasteiger partial charge < -0.3 is 10.0 Å². The molecule has 0 amide bonds. The van der Waals surface area contributed by atoms with Crippen LogP contribution in [0.1, 0.15) is 12.5 Å². The van der Waals surface area contributed by atoms with E-state index in [1.807, 2.05) is 18.5 Å². The number of aliphatic hydroxyl groups is 1. The van der Waals surface area contributed by atoms with Gasteiger partial charge in [-0.15, -0.1) is 11.8 Å². The number of benzene rings is 1. The van der Waals surface area contributed by atoms with E-state index in [2.05, 4.69) is 46.0 Å². The lowest BCUT2D eigenvalue weighted by Crippen LogP contribution is -2.50.